The van der Waals surface area contributed by atoms with Gasteiger partial charge in [-0.2, -0.15) is 11.4 Å². The van der Waals surface area contributed by atoms with Gasteiger partial charge in [0.2, 0.25) is 0 Å². The average Bonchev–Trinajstić information content (AvgIpc) is 3.70. The molecule has 0 aliphatic carbocycles. The van der Waals surface area contributed by atoms with Gasteiger partial charge in [-0.3, -0.25) is 28.8 Å². The molecule has 2 saturated heterocycles. The third-order valence-corrected chi connectivity index (χ3v) is 11.9. The van der Waals surface area contributed by atoms with E-state index in [0.29, 0.717) is 50.9 Å². The van der Waals surface area contributed by atoms with E-state index in [-0.39, 0.29) is 68.4 Å². The van der Waals surface area contributed by atoms with Gasteiger partial charge in [-0.15, -0.1) is 11.4 Å². The van der Waals surface area contributed by atoms with E-state index in [2.05, 4.69) is 10.6 Å². The number of carbonyl (C=O) groups is 6. The summed E-state index contributed by atoms with van der Waals surface area (Å²) in [6.07, 6.45) is 5.45. The van der Waals surface area contributed by atoms with Crippen molar-refractivity contribution in [2.45, 2.75) is 104 Å². The number of fused-ring (bicyclic) bond motifs is 8. The first-order chi connectivity index (χ1) is 26.2. The van der Waals surface area contributed by atoms with Crippen LogP contribution in [-0.4, -0.2) is 78.5 Å². The maximum absolute atomic E-state index is 12.5. The summed E-state index contributed by atoms with van der Waals surface area (Å²) in [7, 11) is 0. The van der Waals surface area contributed by atoms with Crippen LogP contribution in [0.15, 0.2) is 46.1 Å². The normalized spacial score (nSPS) is 26.1. The Hall–Kier alpha value is -5.28. The zero-order chi connectivity index (χ0) is 41.3. The number of allylic oxidation sites excluding steroid dienone is 4. The second-order valence-corrected chi connectivity index (χ2v) is 15.6. The Morgan fingerprint density at radius 1 is 0.702 bits per heavy atom. The molecular weight excluding hydrogens is 784 g/mol. The minimum atomic E-state index is -1.24. The van der Waals surface area contributed by atoms with E-state index in [1.54, 1.807) is 45.1 Å². The van der Waals surface area contributed by atoms with Crippen molar-refractivity contribution in [2.24, 2.45) is 22.7 Å². The molecular formula is C40H50FeN4O12-2. The van der Waals surface area contributed by atoms with Crippen LogP contribution in [0.25, 0.3) is 17.5 Å². The molecule has 0 amide bonds. The first-order valence-electron chi connectivity index (χ1n) is 18.5. The Bertz CT molecular complexity index is 2010. The summed E-state index contributed by atoms with van der Waals surface area (Å²) in [6.45, 7) is 7.04. The van der Waals surface area contributed by atoms with Crippen LogP contribution in [0.3, 0.4) is 0 Å². The fraction of sp³-hybridized carbons (Fsp3) is 0.500. The Balaban J connectivity index is 0.00000720. The van der Waals surface area contributed by atoms with Gasteiger partial charge in [0.15, 0.2) is 0 Å². The summed E-state index contributed by atoms with van der Waals surface area (Å²) in [5.74, 6) is -7.87. The number of nitrogens with zero attached hydrogens (tertiary/aromatic N) is 2. The number of hydrogen-bond donors (Lipinski definition) is 8. The molecule has 5 rings (SSSR count). The van der Waals surface area contributed by atoms with E-state index in [0.717, 1.165) is 5.57 Å². The first-order valence-corrected chi connectivity index (χ1v) is 18.5. The number of carboxylic acids is 6. The molecule has 2 unspecified atom stereocenters. The Labute approximate surface area is 339 Å². The van der Waals surface area contributed by atoms with Gasteiger partial charge in [0.1, 0.15) is 0 Å². The number of aromatic nitrogens is 1. The van der Waals surface area contributed by atoms with E-state index >= 15 is 0 Å². The van der Waals surface area contributed by atoms with Gasteiger partial charge in [0.25, 0.3) is 0 Å². The van der Waals surface area contributed by atoms with Crippen molar-refractivity contribution in [3.8, 4) is 0 Å². The van der Waals surface area contributed by atoms with Crippen molar-refractivity contribution in [2.75, 3.05) is 0 Å². The molecule has 4 aliphatic rings. The average molecular weight is 835 g/mol. The molecule has 6 atom stereocenters. The molecule has 8 N–H and O–H groups in total. The topological polar surface area (TPSA) is 276 Å². The Kier molecular flexibility index (Phi) is 13.6. The van der Waals surface area contributed by atoms with Crippen molar-refractivity contribution >= 4 is 48.0 Å². The van der Waals surface area contributed by atoms with Crippen molar-refractivity contribution in [3.05, 3.63) is 73.9 Å². The fourth-order valence-electron chi connectivity index (χ4n) is 8.89. The third-order valence-electron chi connectivity index (χ3n) is 11.9. The van der Waals surface area contributed by atoms with Crippen molar-refractivity contribution < 1.29 is 76.5 Å². The first kappa shape index (κ1) is 44.4. The zero-order valence-electron chi connectivity index (χ0n) is 32.1. The summed E-state index contributed by atoms with van der Waals surface area (Å²) >= 11 is 0. The Morgan fingerprint density at radius 3 is 1.88 bits per heavy atom. The van der Waals surface area contributed by atoms with E-state index in [4.69, 9.17) is 10.3 Å². The molecule has 1 aromatic heterocycles. The molecule has 1 aromatic rings. The number of carboxylic acid groups (broad SMARTS) is 6. The molecule has 17 heteroatoms. The van der Waals surface area contributed by atoms with Gasteiger partial charge >= 0.3 is 52.9 Å². The van der Waals surface area contributed by atoms with Crippen LogP contribution in [0.5, 0.6) is 0 Å². The number of hydrogen-bond acceptors (Lipinski definition) is 8. The summed E-state index contributed by atoms with van der Waals surface area (Å²) in [6, 6.07) is -1.32. The predicted molar refractivity (Wildman–Crippen MR) is 204 cm³/mol. The number of aliphatic carboxylic acids is 6. The third kappa shape index (κ3) is 9.48. The van der Waals surface area contributed by atoms with Gasteiger partial charge < -0.3 is 51.6 Å². The predicted octanol–water partition coefficient (Wildman–Crippen LogP) is 4.33. The summed E-state index contributed by atoms with van der Waals surface area (Å²) in [5.41, 5.74) is 2.84. The van der Waals surface area contributed by atoms with E-state index in [9.17, 15) is 59.4 Å². The molecule has 0 saturated carbocycles. The van der Waals surface area contributed by atoms with Crippen LogP contribution < -0.4 is 15.6 Å². The molecule has 0 spiro atoms. The summed E-state index contributed by atoms with van der Waals surface area (Å²) in [5, 5.41) is 71.0. The molecule has 0 aromatic carbocycles. The fourth-order valence-corrected chi connectivity index (χ4v) is 8.89. The quantitative estimate of drug-likeness (QED) is 0.108. The van der Waals surface area contributed by atoms with Gasteiger partial charge in [-0.25, -0.2) is 0 Å². The van der Waals surface area contributed by atoms with Crippen LogP contribution in [-0.2, 0) is 52.3 Å². The molecule has 57 heavy (non-hydrogen) atoms. The van der Waals surface area contributed by atoms with Crippen LogP contribution in [0.4, 0.5) is 0 Å². The minimum absolute atomic E-state index is 0. The van der Waals surface area contributed by atoms with Crippen LogP contribution in [0.1, 0.15) is 101 Å². The number of rotatable bonds is 16. The maximum atomic E-state index is 12.5. The molecule has 5 heterocycles. The molecule has 4 aliphatic heterocycles. The second-order valence-electron chi connectivity index (χ2n) is 15.6. The molecule has 2 fully saturated rings. The molecule has 0 radical (unpaired) electrons. The van der Waals surface area contributed by atoms with Gasteiger partial charge in [-0.05, 0) is 67.9 Å². The molecule has 16 nitrogen and oxygen atoms in total. The van der Waals surface area contributed by atoms with Crippen molar-refractivity contribution in [1.82, 2.24) is 15.6 Å². The summed E-state index contributed by atoms with van der Waals surface area (Å²) < 4.78 is 0. The monoisotopic (exact) mass is 834 g/mol. The van der Waals surface area contributed by atoms with E-state index < -0.39 is 83.4 Å². The standard InChI is InChI=1S/C40H48N4O12.Fe.2H/c1-19-21(5-9-33(45)46)27-14-28-22(6-10-34(47)48)20(2)26(42-28)15-31-40(4,18-38(55)56)24(8-12-36(51)52)30(44-31)16-32-39(3,17-37(53)54)23(7-11-35(49)50)29(43-32)13-25(19)41-27;;;/h13-16,23-25,30,41,44H,5-12,17-18H2,1-4H3,(H,45,46)(H,47,48)(H,49,50)(H,51,52)(H,53,54)(H,55,56);;;/q-2;;;/t23-,24-,25?,30?,39+,40+;;;/m1.../s1. The van der Waals surface area contributed by atoms with Crippen LogP contribution in [0.2, 0.25) is 0 Å². The number of nitrogens with one attached hydrogen (secondary N) is 2. The van der Waals surface area contributed by atoms with Gasteiger partial charge in [0, 0.05) is 48.5 Å². The van der Waals surface area contributed by atoms with Crippen molar-refractivity contribution in [1.29, 1.82) is 0 Å². The molecule has 8 bridgehead atoms. The van der Waals surface area contributed by atoms with Gasteiger partial charge in [0.05, 0.1) is 18.9 Å². The Morgan fingerprint density at radius 2 is 1.28 bits per heavy atom. The van der Waals surface area contributed by atoms with Crippen molar-refractivity contribution in [3.63, 3.8) is 0 Å². The van der Waals surface area contributed by atoms with E-state index in [1.165, 1.54) is 0 Å². The second kappa shape index (κ2) is 17.5. The van der Waals surface area contributed by atoms with Crippen LogP contribution >= 0.6 is 0 Å². The SMILES string of the molecule is CC1=C(CCC(=O)O)C2=Cc3[n-]c(c(C)c3CCC(=O)O)C=C3NC(C=C4[N-]C(=CC1N2)[C@@H](CCC(=O)O)[C@]4(C)CC(=O)O)[C@@H](CCC(=O)O)[C@]3(C)CC(=O)O.[FeH2]. The van der Waals surface area contributed by atoms with Crippen LogP contribution in [0, 0.1) is 29.6 Å². The molecule has 312 valence electrons. The summed E-state index contributed by atoms with van der Waals surface area (Å²) in [4.78, 5) is 77.3. The van der Waals surface area contributed by atoms with Gasteiger partial charge in [-0.1, -0.05) is 49.3 Å². The van der Waals surface area contributed by atoms with E-state index in [1.807, 2.05) is 6.92 Å². The zero-order valence-corrected chi connectivity index (χ0v) is 33.4.